The standard InChI is InChI=1S/C18H24FN3O2/c1-11(2)16(9-14-5-7-15(19)8-6-14)22-18(23)20-10-17-21-12(3)13(4)24-17/h5-8,11,16H,9-10H2,1-4H3,(H2,20,22,23)/t16-/m1/s1. The minimum Gasteiger partial charge on any atom is -0.444 e. The highest BCUT2D eigenvalue weighted by atomic mass is 19.1. The number of aryl methyl sites for hydroxylation is 2. The number of hydrogen-bond donors (Lipinski definition) is 2. The maximum Gasteiger partial charge on any atom is 0.315 e. The molecule has 0 aliphatic rings. The van der Waals surface area contributed by atoms with E-state index in [1.165, 1.54) is 12.1 Å². The van der Waals surface area contributed by atoms with Gasteiger partial charge in [0.1, 0.15) is 11.6 Å². The zero-order valence-corrected chi connectivity index (χ0v) is 14.5. The van der Waals surface area contributed by atoms with Crippen LogP contribution in [0.25, 0.3) is 0 Å². The summed E-state index contributed by atoms with van der Waals surface area (Å²) in [6.45, 7) is 8.01. The van der Waals surface area contributed by atoms with Crippen LogP contribution in [0.4, 0.5) is 9.18 Å². The lowest BCUT2D eigenvalue weighted by atomic mass is 9.96. The molecule has 0 fully saturated rings. The summed E-state index contributed by atoms with van der Waals surface area (Å²) in [5.74, 6) is 1.22. The molecule has 0 unspecified atom stereocenters. The Balaban J connectivity index is 1.89. The molecule has 0 aliphatic heterocycles. The average Bonchev–Trinajstić information content (AvgIpc) is 2.85. The summed E-state index contributed by atoms with van der Waals surface area (Å²) in [6.07, 6.45) is 0.641. The molecule has 0 spiro atoms. The van der Waals surface area contributed by atoms with Gasteiger partial charge in [-0.2, -0.15) is 0 Å². The Morgan fingerprint density at radius 3 is 2.46 bits per heavy atom. The molecule has 24 heavy (non-hydrogen) atoms. The van der Waals surface area contributed by atoms with E-state index in [1.54, 1.807) is 12.1 Å². The van der Waals surface area contributed by atoms with Crippen LogP contribution < -0.4 is 10.6 Å². The number of halogens is 1. The smallest absolute Gasteiger partial charge is 0.315 e. The van der Waals surface area contributed by atoms with Crippen LogP contribution >= 0.6 is 0 Å². The fourth-order valence-corrected chi connectivity index (χ4v) is 2.32. The van der Waals surface area contributed by atoms with Gasteiger partial charge in [0.05, 0.1) is 12.2 Å². The number of oxazole rings is 1. The van der Waals surface area contributed by atoms with E-state index in [2.05, 4.69) is 15.6 Å². The van der Waals surface area contributed by atoms with Crippen molar-refractivity contribution < 1.29 is 13.6 Å². The quantitative estimate of drug-likeness (QED) is 0.850. The van der Waals surface area contributed by atoms with Crippen molar-refractivity contribution in [2.75, 3.05) is 0 Å². The van der Waals surface area contributed by atoms with E-state index in [0.29, 0.717) is 12.3 Å². The van der Waals surface area contributed by atoms with E-state index in [1.807, 2.05) is 27.7 Å². The Kier molecular flexibility index (Phi) is 5.95. The van der Waals surface area contributed by atoms with Crippen molar-refractivity contribution in [1.29, 1.82) is 0 Å². The molecule has 2 rings (SSSR count). The third-order valence-electron chi connectivity index (χ3n) is 3.96. The molecule has 1 aromatic heterocycles. The third-order valence-corrected chi connectivity index (χ3v) is 3.96. The largest absolute Gasteiger partial charge is 0.444 e. The van der Waals surface area contributed by atoms with Gasteiger partial charge >= 0.3 is 6.03 Å². The van der Waals surface area contributed by atoms with Crippen LogP contribution in [0, 0.1) is 25.6 Å². The van der Waals surface area contributed by atoms with Crippen molar-refractivity contribution in [3.8, 4) is 0 Å². The molecule has 1 aromatic carbocycles. The van der Waals surface area contributed by atoms with Gasteiger partial charge in [-0.25, -0.2) is 14.2 Å². The molecule has 2 amide bonds. The molecular weight excluding hydrogens is 309 g/mol. The van der Waals surface area contributed by atoms with Gasteiger partial charge in [0, 0.05) is 6.04 Å². The Hall–Kier alpha value is -2.37. The minimum atomic E-state index is -0.274. The number of aromatic nitrogens is 1. The maximum absolute atomic E-state index is 13.0. The second-order valence-corrected chi connectivity index (χ2v) is 6.26. The molecule has 2 aromatic rings. The van der Waals surface area contributed by atoms with Gasteiger partial charge in [0.25, 0.3) is 0 Å². The molecule has 130 valence electrons. The van der Waals surface area contributed by atoms with E-state index < -0.39 is 0 Å². The zero-order chi connectivity index (χ0) is 17.7. The van der Waals surface area contributed by atoms with Crippen LogP contribution in [0.1, 0.15) is 36.8 Å². The summed E-state index contributed by atoms with van der Waals surface area (Å²) < 4.78 is 18.4. The number of nitrogens with one attached hydrogen (secondary N) is 2. The van der Waals surface area contributed by atoms with Gasteiger partial charge in [0.2, 0.25) is 5.89 Å². The summed E-state index contributed by atoms with van der Waals surface area (Å²) in [5.41, 5.74) is 1.80. The number of amides is 2. The third kappa shape index (κ3) is 5.08. The van der Waals surface area contributed by atoms with Crippen molar-refractivity contribution >= 4 is 6.03 Å². The monoisotopic (exact) mass is 333 g/mol. The fourth-order valence-electron chi connectivity index (χ4n) is 2.32. The Bertz CT molecular complexity index is 661. The van der Waals surface area contributed by atoms with Gasteiger partial charge in [-0.3, -0.25) is 0 Å². The molecule has 1 heterocycles. The normalized spacial score (nSPS) is 12.2. The molecule has 0 saturated carbocycles. The number of hydrogen-bond acceptors (Lipinski definition) is 3. The van der Waals surface area contributed by atoms with E-state index in [0.717, 1.165) is 17.0 Å². The predicted molar refractivity (Wildman–Crippen MR) is 90.1 cm³/mol. The number of nitrogens with zero attached hydrogens (tertiary/aromatic N) is 1. The lowest BCUT2D eigenvalue weighted by Crippen LogP contribution is -2.45. The summed E-state index contributed by atoms with van der Waals surface area (Å²) in [5, 5.41) is 5.71. The van der Waals surface area contributed by atoms with Crippen LogP contribution in [-0.4, -0.2) is 17.1 Å². The number of carbonyl (C=O) groups excluding carboxylic acids is 1. The van der Waals surface area contributed by atoms with Crippen LogP contribution in [0.5, 0.6) is 0 Å². The number of rotatable bonds is 6. The second-order valence-electron chi connectivity index (χ2n) is 6.26. The molecular formula is C18H24FN3O2. The van der Waals surface area contributed by atoms with Gasteiger partial charge in [-0.1, -0.05) is 26.0 Å². The van der Waals surface area contributed by atoms with Crippen LogP contribution in [0.3, 0.4) is 0 Å². The lowest BCUT2D eigenvalue weighted by Gasteiger charge is -2.22. The Morgan fingerprint density at radius 2 is 1.92 bits per heavy atom. The molecule has 1 atom stereocenters. The van der Waals surface area contributed by atoms with E-state index in [4.69, 9.17) is 4.42 Å². The molecule has 5 nitrogen and oxygen atoms in total. The number of urea groups is 1. The van der Waals surface area contributed by atoms with E-state index in [-0.39, 0.29) is 30.4 Å². The van der Waals surface area contributed by atoms with E-state index >= 15 is 0 Å². The number of benzene rings is 1. The lowest BCUT2D eigenvalue weighted by molar-refractivity contribution is 0.231. The van der Waals surface area contributed by atoms with Gasteiger partial charge in [-0.15, -0.1) is 0 Å². The Morgan fingerprint density at radius 1 is 1.25 bits per heavy atom. The van der Waals surface area contributed by atoms with Crippen molar-refractivity contribution in [3.63, 3.8) is 0 Å². The van der Waals surface area contributed by atoms with Crippen molar-refractivity contribution in [2.24, 2.45) is 5.92 Å². The highest BCUT2D eigenvalue weighted by Gasteiger charge is 2.17. The molecule has 6 heteroatoms. The summed E-state index contributed by atoms with van der Waals surface area (Å²) in [4.78, 5) is 16.3. The maximum atomic E-state index is 13.0. The van der Waals surface area contributed by atoms with Crippen LogP contribution in [0.15, 0.2) is 28.7 Å². The minimum absolute atomic E-state index is 0.0523. The van der Waals surface area contributed by atoms with Crippen molar-refractivity contribution in [2.45, 2.75) is 46.7 Å². The second kappa shape index (κ2) is 7.95. The number of carbonyl (C=O) groups is 1. The summed E-state index contributed by atoms with van der Waals surface area (Å²) >= 11 is 0. The first-order valence-corrected chi connectivity index (χ1v) is 8.07. The van der Waals surface area contributed by atoms with Crippen LogP contribution in [0.2, 0.25) is 0 Å². The highest BCUT2D eigenvalue weighted by molar-refractivity contribution is 5.74. The summed E-state index contributed by atoms with van der Waals surface area (Å²) in [6, 6.07) is 6.01. The van der Waals surface area contributed by atoms with Gasteiger partial charge < -0.3 is 15.1 Å². The molecule has 0 radical (unpaired) electrons. The first kappa shape index (κ1) is 18.0. The van der Waals surface area contributed by atoms with Crippen LogP contribution in [-0.2, 0) is 13.0 Å². The average molecular weight is 333 g/mol. The summed E-state index contributed by atoms with van der Waals surface area (Å²) in [7, 11) is 0. The first-order valence-electron chi connectivity index (χ1n) is 8.07. The molecule has 0 aliphatic carbocycles. The molecule has 2 N–H and O–H groups in total. The van der Waals surface area contributed by atoms with Gasteiger partial charge in [0.15, 0.2) is 0 Å². The van der Waals surface area contributed by atoms with Crippen molar-refractivity contribution in [3.05, 3.63) is 53.0 Å². The molecule has 0 bridgehead atoms. The van der Waals surface area contributed by atoms with E-state index in [9.17, 15) is 9.18 Å². The SMILES string of the molecule is Cc1nc(CNC(=O)N[C@H](Cc2ccc(F)cc2)C(C)C)oc1C. The highest BCUT2D eigenvalue weighted by Crippen LogP contribution is 2.12. The topological polar surface area (TPSA) is 67.2 Å². The van der Waals surface area contributed by atoms with Crippen molar-refractivity contribution in [1.82, 2.24) is 15.6 Å². The predicted octanol–water partition coefficient (Wildman–Crippen LogP) is 3.50. The first-order chi connectivity index (χ1) is 11.3. The van der Waals surface area contributed by atoms with Gasteiger partial charge in [-0.05, 0) is 43.9 Å². The zero-order valence-electron chi connectivity index (χ0n) is 14.5. The Labute approximate surface area is 141 Å². The fraction of sp³-hybridized carbons (Fsp3) is 0.444. The molecule has 0 saturated heterocycles.